The fraction of sp³-hybridized carbons (Fsp3) is 1.00. The third-order valence-corrected chi connectivity index (χ3v) is 3.95. The Bertz CT molecular complexity index is 58.6. The average Bonchev–Trinajstić information content (AvgIpc) is 1.35. The zero-order chi connectivity index (χ0) is 4.99. The van der Waals surface area contributed by atoms with Crippen molar-refractivity contribution in [3.05, 3.63) is 0 Å². The van der Waals surface area contributed by atoms with Crippen molar-refractivity contribution >= 4 is 21.4 Å². The second-order valence-corrected chi connectivity index (χ2v) is 9.29. The minimum atomic E-state index is -1.80. The van der Waals surface area contributed by atoms with Gasteiger partial charge in [-0.2, -0.15) is 0 Å². The fourth-order valence-electron chi connectivity index (χ4n) is 0.154. The molecule has 0 aliphatic heterocycles. The zero-order valence-electron chi connectivity index (χ0n) is 3.54. The van der Waals surface area contributed by atoms with Gasteiger partial charge in [0.15, 0.2) is 0 Å². The Balaban J connectivity index is 3.14. The molecule has 0 spiro atoms. The van der Waals surface area contributed by atoms with E-state index in [2.05, 4.69) is 0 Å². The van der Waals surface area contributed by atoms with E-state index in [1.807, 2.05) is 11.3 Å². The van der Waals surface area contributed by atoms with Crippen LogP contribution in [0.4, 0.5) is 0 Å². The van der Waals surface area contributed by atoms with Crippen LogP contribution in [0.3, 0.4) is 0 Å². The van der Waals surface area contributed by atoms with E-state index in [0.29, 0.717) is 0 Å². The van der Waals surface area contributed by atoms with Crippen molar-refractivity contribution in [2.75, 3.05) is 0 Å². The van der Waals surface area contributed by atoms with Crippen LogP contribution in [0.1, 0.15) is 6.92 Å². The number of hydrogen-bond acceptors (Lipinski definition) is 0. The van der Waals surface area contributed by atoms with Crippen LogP contribution in [-0.4, -0.2) is 4.37 Å². The molecule has 0 aliphatic rings. The molecule has 6 heavy (non-hydrogen) atoms. The standard InChI is InChI=1S/C2H5B.2ClH.Zr/c1-2-3;;;/h2H2,1H3;2*1H;/q;;;+2/p-2. The van der Waals surface area contributed by atoms with Gasteiger partial charge >= 0.3 is 53.3 Å². The summed E-state index contributed by atoms with van der Waals surface area (Å²) >= 11 is -1.80. The van der Waals surface area contributed by atoms with E-state index in [4.69, 9.17) is 17.0 Å². The van der Waals surface area contributed by atoms with Crippen molar-refractivity contribution in [1.82, 2.24) is 0 Å². The zero-order valence-corrected chi connectivity index (χ0v) is 7.51. The van der Waals surface area contributed by atoms with Gasteiger partial charge in [0.1, 0.15) is 0 Å². The molecule has 0 radical (unpaired) electrons. The maximum atomic E-state index is 5.48. The van der Waals surface area contributed by atoms with Gasteiger partial charge in [-0.1, -0.05) is 0 Å². The van der Waals surface area contributed by atoms with Gasteiger partial charge in [-0.3, -0.25) is 0 Å². The van der Waals surface area contributed by atoms with Gasteiger partial charge in [-0.15, -0.1) is 0 Å². The van der Waals surface area contributed by atoms with Crippen LogP contribution in [-0.2, 0) is 18.6 Å². The average molecular weight is 202 g/mol. The normalized spacial score (nSPS) is 7.17. The van der Waals surface area contributed by atoms with Crippen LogP contribution in [0, 0.1) is 0 Å². The van der Waals surface area contributed by atoms with E-state index in [9.17, 15) is 0 Å². The van der Waals surface area contributed by atoms with Crippen molar-refractivity contribution < 1.29 is 18.6 Å². The summed E-state index contributed by atoms with van der Waals surface area (Å²) in [6.45, 7) is 2.05. The Hall–Kier alpha value is 1.53. The first-order valence-electron chi connectivity index (χ1n) is 1.78. The van der Waals surface area contributed by atoms with Crippen LogP contribution in [0.5, 0.6) is 0 Å². The van der Waals surface area contributed by atoms with Crippen LogP contribution in [0.25, 0.3) is 0 Å². The van der Waals surface area contributed by atoms with Crippen molar-refractivity contribution in [2.45, 2.75) is 13.2 Å². The molecule has 0 saturated heterocycles. The monoisotopic (exact) mass is 200 g/mol. The molecule has 4 heteroatoms. The second kappa shape index (κ2) is 4.68. The molecule has 0 aromatic carbocycles. The van der Waals surface area contributed by atoms with Crippen molar-refractivity contribution in [1.29, 1.82) is 0 Å². The molecule has 0 saturated carbocycles. The molecule has 0 amide bonds. The first kappa shape index (κ1) is 7.53. The maximum absolute atomic E-state index is 5.48. The predicted octanol–water partition coefficient (Wildman–Crippen LogP) is 1.97. The van der Waals surface area contributed by atoms with E-state index in [0.717, 1.165) is 6.32 Å². The molecule has 0 nitrogen and oxygen atoms in total. The van der Waals surface area contributed by atoms with Gasteiger partial charge in [-0.05, 0) is 0 Å². The topological polar surface area (TPSA) is 0 Å². The Morgan fingerprint density at radius 1 is 1.67 bits per heavy atom. The van der Waals surface area contributed by atoms with Gasteiger partial charge in [0, 0.05) is 0 Å². The SMILES string of the molecule is CC[B]=[Zr]([Cl])[Cl]. The molecular formula is C2H5BCl2Zr. The number of rotatable bonds is 1. The van der Waals surface area contributed by atoms with Crippen LogP contribution in [0.2, 0.25) is 6.32 Å². The first-order chi connectivity index (χ1) is 2.77. The molecular weight excluding hydrogens is 197 g/mol. The van der Waals surface area contributed by atoms with Gasteiger partial charge in [0.25, 0.3) is 0 Å². The quantitative estimate of drug-likeness (QED) is 0.570. The first-order valence-corrected chi connectivity index (χ1v) is 9.53. The molecule has 0 atom stereocenters. The Labute approximate surface area is 53.0 Å². The van der Waals surface area contributed by atoms with Gasteiger partial charge in [-0.25, -0.2) is 0 Å². The summed E-state index contributed by atoms with van der Waals surface area (Å²) in [6.07, 6.45) is 1.03. The molecule has 0 N–H and O–H groups in total. The molecule has 0 unspecified atom stereocenters. The molecule has 0 heterocycles. The molecule has 0 aromatic heterocycles. The van der Waals surface area contributed by atoms with Gasteiger partial charge < -0.3 is 0 Å². The third kappa shape index (κ3) is 5.53. The van der Waals surface area contributed by atoms with Crippen LogP contribution >= 0.6 is 17.0 Å². The molecule has 34 valence electrons. The summed E-state index contributed by atoms with van der Waals surface area (Å²) in [5.74, 6) is 0. The molecule has 0 bridgehead atoms. The number of hydrogen-bond donors (Lipinski definition) is 0. The summed E-state index contributed by atoms with van der Waals surface area (Å²) in [5, 5.41) is 0. The summed E-state index contributed by atoms with van der Waals surface area (Å²) in [7, 11) is 11.0. The van der Waals surface area contributed by atoms with E-state index < -0.39 is 18.6 Å². The minimum absolute atomic E-state index is 1.03. The second-order valence-electron chi connectivity index (χ2n) is 0.902. The molecule has 0 aromatic rings. The van der Waals surface area contributed by atoms with E-state index in [1.54, 1.807) is 0 Å². The summed E-state index contributed by atoms with van der Waals surface area (Å²) in [5.41, 5.74) is 0. The summed E-state index contributed by atoms with van der Waals surface area (Å²) in [4.78, 5) is 0. The number of halogens is 2. The van der Waals surface area contributed by atoms with E-state index >= 15 is 0 Å². The van der Waals surface area contributed by atoms with Gasteiger partial charge in [0.05, 0.1) is 0 Å². The third-order valence-electron chi connectivity index (χ3n) is 0.358. The molecule has 0 fully saturated rings. The van der Waals surface area contributed by atoms with Crippen molar-refractivity contribution in [2.24, 2.45) is 0 Å². The Morgan fingerprint density at radius 3 is 2.17 bits per heavy atom. The Kier molecular flexibility index (Phi) is 5.87. The summed E-state index contributed by atoms with van der Waals surface area (Å²) < 4.78 is 2.02. The Morgan fingerprint density at radius 2 is 2.17 bits per heavy atom. The summed E-state index contributed by atoms with van der Waals surface area (Å²) in [6, 6.07) is 0. The van der Waals surface area contributed by atoms with Crippen molar-refractivity contribution in [3.8, 4) is 0 Å². The van der Waals surface area contributed by atoms with Crippen molar-refractivity contribution in [3.63, 3.8) is 0 Å². The van der Waals surface area contributed by atoms with E-state index in [1.165, 1.54) is 0 Å². The fourth-order valence-corrected chi connectivity index (χ4v) is 2.74. The van der Waals surface area contributed by atoms with Gasteiger partial charge in [0.2, 0.25) is 0 Å². The molecule has 0 rings (SSSR count). The van der Waals surface area contributed by atoms with Crippen LogP contribution in [0.15, 0.2) is 0 Å². The van der Waals surface area contributed by atoms with E-state index in [-0.39, 0.29) is 0 Å². The predicted molar refractivity (Wildman–Crippen MR) is 27.9 cm³/mol. The molecule has 0 aliphatic carbocycles. The van der Waals surface area contributed by atoms with Crippen LogP contribution < -0.4 is 0 Å².